The standard InChI is InChI=1S/C23H22F4N2O4/c1-32-15-8-17(24)19(18(25)9-15)16-11-29(10-12-2-3-12)22(31)20(16)28-21(30)13-4-6-14(7-5-13)33-23(26)27/h4-9,12,16,20,23H,2-3,10-11H2,1H3,(H,28,30)/t16-,20-/m0/s1. The van der Waals surface area contributed by atoms with Crippen molar-refractivity contribution in [3.8, 4) is 11.5 Å². The van der Waals surface area contributed by atoms with Gasteiger partial charge in [-0.3, -0.25) is 9.59 Å². The molecule has 1 saturated carbocycles. The summed E-state index contributed by atoms with van der Waals surface area (Å²) < 4.78 is 63.5. The number of amides is 2. The Morgan fingerprint density at radius 1 is 1.12 bits per heavy atom. The molecule has 1 heterocycles. The van der Waals surface area contributed by atoms with Crippen molar-refractivity contribution in [1.29, 1.82) is 0 Å². The maximum Gasteiger partial charge on any atom is 0.387 e. The average Bonchev–Trinajstić information content (AvgIpc) is 3.54. The lowest BCUT2D eigenvalue weighted by Gasteiger charge is -2.20. The van der Waals surface area contributed by atoms with Gasteiger partial charge in [-0.05, 0) is 43.0 Å². The molecule has 1 aliphatic carbocycles. The maximum atomic E-state index is 14.8. The number of likely N-dealkylation sites (tertiary alicyclic amines) is 1. The van der Waals surface area contributed by atoms with Crippen LogP contribution in [0.4, 0.5) is 17.6 Å². The number of benzene rings is 2. The molecule has 0 unspecified atom stereocenters. The molecule has 1 aliphatic heterocycles. The van der Waals surface area contributed by atoms with Crippen LogP contribution >= 0.6 is 0 Å². The predicted molar refractivity (Wildman–Crippen MR) is 109 cm³/mol. The van der Waals surface area contributed by atoms with Crippen LogP contribution in [-0.4, -0.2) is 49.6 Å². The number of methoxy groups -OCH3 is 1. The van der Waals surface area contributed by atoms with Crippen molar-refractivity contribution >= 4 is 11.8 Å². The van der Waals surface area contributed by atoms with Gasteiger partial charge in [-0.2, -0.15) is 8.78 Å². The van der Waals surface area contributed by atoms with Gasteiger partial charge in [0.1, 0.15) is 29.2 Å². The highest BCUT2D eigenvalue weighted by molar-refractivity contribution is 5.98. The van der Waals surface area contributed by atoms with Crippen LogP contribution in [0.15, 0.2) is 36.4 Å². The third-order valence-electron chi connectivity index (χ3n) is 5.86. The smallest absolute Gasteiger partial charge is 0.387 e. The molecule has 176 valence electrons. The zero-order valence-corrected chi connectivity index (χ0v) is 17.7. The first kappa shape index (κ1) is 22.9. The maximum absolute atomic E-state index is 14.8. The van der Waals surface area contributed by atoms with Crippen molar-refractivity contribution in [3.05, 3.63) is 59.2 Å². The van der Waals surface area contributed by atoms with E-state index >= 15 is 0 Å². The number of nitrogens with zero attached hydrogens (tertiary/aromatic N) is 1. The van der Waals surface area contributed by atoms with E-state index in [1.54, 1.807) is 0 Å². The van der Waals surface area contributed by atoms with Crippen LogP contribution in [0, 0.1) is 17.6 Å². The van der Waals surface area contributed by atoms with Crippen LogP contribution in [-0.2, 0) is 4.79 Å². The van der Waals surface area contributed by atoms with Gasteiger partial charge in [0.15, 0.2) is 0 Å². The molecule has 0 aromatic heterocycles. The Kier molecular flexibility index (Phi) is 6.44. The van der Waals surface area contributed by atoms with Gasteiger partial charge in [0.2, 0.25) is 5.91 Å². The first-order valence-corrected chi connectivity index (χ1v) is 10.4. The summed E-state index contributed by atoms with van der Waals surface area (Å²) in [6.07, 6.45) is 1.95. The van der Waals surface area contributed by atoms with E-state index in [-0.39, 0.29) is 29.2 Å². The van der Waals surface area contributed by atoms with E-state index in [1.807, 2.05) is 0 Å². The molecule has 2 atom stereocenters. The van der Waals surface area contributed by atoms with Crippen molar-refractivity contribution in [2.45, 2.75) is 31.4 Å². The van der Waals surface area contributed by atoms with Crippen LogP contribution in [0.5, 0.6) is 11.5 Å². The van der Waals surface area contributed by atoms with E-state index in [1.165, 1.54) is 36.3 Å². The molecule has 1 N–H and O–H groups in total. The molecule has 4 rings (SSSR count). The Labute approximate surface area is 187 Å². The van der Waals surface area contributed by atoms with Crippen LogP contribution in [0.25, 0.3) is 0 Å². The average molecular weight is 466 g/mol. The number of carbonyl (C=O) groups excluding carboxylic acids is 2. The Balaban J connectivity index is 1.59. The number of ether oxygens (including phenoxy) is 2. The minimum atomic E-state index is -3.01. The van der Waals surface area contributed by atoms with Gasteiger partial charge in [-0.25, -0.2) is 8.78 Å². The van der Waals surface area contributed by atoms with Crippen molar-refractivity contribution in [2.75, 3.05) is 20.2 Å². The number of rotatable bonds is 8. The topological polar surface area (TPSA) is 67.9 Å². The molecule has 33 heavy (non-hydrogen) atoms. The zero-order chi connectivity index (χ0) is 23.7. The van der Waals surface area contributed by atoms with Crippen LogP contribution in [0.2, 0.25) is 0 Å². The fourth-order valence-electron chi connectivity index (χ4n) is 4.04. The first-order valence-electron chi connectivity index (χ1n) is 10.4. The molecular formula is C23H22F4N2O4. The molecule has 2 aromatic carbocycles. The number of hydrogen-bond acceptors (Lipinski definition) is 4. The van der Waals surface area contributed by atoms with Gasteiger partial charge in [-0.15, -0.1) is 0 Å². The van der Waals surface area contributed by atoms with E-state index < -0.39 is 42.0 Å². The summed E-state index contributed by atoms with van der Waals surface area (Å²) in [6.45, 7) is -2.49. The molecule has 10 heteroatoms. The number of halogens is 4. The zero-order valence-electron chi connectivity index (χ0n) is 17.7. The predicted octanol–water partition coefficient (Wildman–Crippen LogP) is 3.71. The molecule has 2 fully saturated rings. The van der Waals surface area contributed by atoms with Crippen molar-refractivity contribution in [3.63, 3.8) is 0 Å². The fourth-order valence-corrected chi connectivity index (χ4v) is 4.04. The molecule has 2 amide bonds. The number of alkyl halides is 2. The highest BCUT2D eigenvalue weighted by Gasteiger charge is 2.45. The van der Waals surface area contributed by atoms with Crippen LogP contribution < -0.4 is 14.8 Å². The van der Waals surface area contributed by atoms with Crippen molar-refractivity contribution in [2.24, 2.45) is 5.92 Å². The number of carbonyl (C=O) groups is 2. The molecule has 6 nitrogen and oxygen atoms in total. The minimum absolute atomic E-state index is 0.000369. The highest BCUT2D eigenvalue weighted by Crippen LogP contribution is 2.37. The molecule has 2 aromatic rings. The second-order valence-corrected chi connectivity index (χ2v) is 8.15. The molecule has 0 radical (unpaired) electrons. The van der Waals surface area contributed by atoms with Gasteiger partial charge in [-0.1, -0.05) is 0 Å². The van der Waals surface area contributed by atoms with Gasteiger partial charge >= 0.3 is 6.61 Å². The molecular weight excluding hydrogens is 444 g/mol. The molecule has 0 bridgehead atoms. The lowest BCUT2D eigenvalue weighted by atomic mass is 9.92. The first-order chi connectivity index (χ1) is 15.8. The van der Waals surface area contributed by atoms with Gasteiger partial charge in [0.25, 0.3) is 5.91 Å². The third kappa shape index (κ3) is 5.04. The van der Waals surface area contributed by atoms with E-state index in [4.69, 9.17) is 4.74 Å². The van der Waals surface area contributed by atoms with Crippen molar-refractivity contribution in [1.82, 2.24) is 10.2 Å². The van der Waals surface area contributed by atoms with E-state index in [2.05, 4.69) is 10.1 Å². The Morgan fingerprint density at radius 2 is 1.76 bits per heavy atom. The lowest BCUT2D eigenvalue weighted by Crippen LogP contribution is -2.44. The summed E-state index contributed by atoms with van der Waals surface area (Å²) in [7, 11) is 1.28. The molecule has 1 saturated heterocycles. The van der Waals surface area contributed by atoms with Gasteiger partial charge in [0, 0.05) is 42.3 Å². The molecule has 2 aliphatic rings. The monoisotopic (exact) mass is 466 g/mol. The van der Waals surface area contributed by atoms with Crippen LogP contribution in [0.3, 0.4) is 0 Å². The van der Waals surface area contributed by atoms with Gasteiger partial charge in [0.05, 0.1) is 7.11 Å². The Bertz CT molecular complexity index is 1020. The largest absolute Gasteiger partial charge is 0.497 e. The van der Waals surface area contributed by atoms with Crippen molar-refractivity contribution < 1.29 is 36.6 Å². The second-order valence-electron chi connectivity index (χ2n) is 8.15. The molecule has 0 spiro atoms. The van der Waals surface area contributed by atoms with E-state index in [0.29, 0.717) is 12.5 Å². The summed E-state index contributed by atoms with van der Waals surface area (Å²) in [5, 5.41) is 2.58. The van der Waals surface area contributed by atoms with E-state index in [9.17, 15) is 27.2 Å². The summed E-state index contributed by atoms with van der Waals surface area (Å²) in [4.78, 5) is 27.4. The Morgan fingerprint density at radius 3 is 2.30 bits per heavy atom. The summed E-state index contributed by atoms with van der Waals surface area (Å²) in [5.74, 6) is -3.58. The third-order valence-corrected chi connectivity index (χ3v) is 5.86. The van der Waals surface area contributed by atoms with Gasteiger partial charge < -0.3 is 19.7 Å². The quantitative estimate of drug-likeness (QED) is 0.603. The normalized spacial score (nSPS) is 20.3. The van der Waals surface area contributed by atoms with Crippen LogP contribution in [0.1, 0.15) is 34.7 Å². The fraction of sp³-hybridized carbons (Fsp3) is 0.391. The van der Waals surface area contributed by atoms with E-state index in [0.717, 1.165) is 25.0 Å². The second kappa shape index (κ2) is 9.29. The lowest BCUT2D eigenvalue weighted by molar-refractivity contribution is -0.129. The number of nitrogens with one attached hydrogen (secondary N) is 1. The summed E-state index contributed by atoms with van der Waals surface area (Å²) in [5.41, 5.74) is -0.215. The minimum Gasteiger partial charge on any atom is -0.497 e. The summed E-state index contributed by atoms with van der Waals surface area (Å²) in [6, 6.07) is 5.79. The Hall–Kier alpha value is -3.30. The SMILES string of the molecule is COc1cc(F)c([C@@H]2CN(CC3CC3)C(=O)[C@H]2NC(=O)c2ccc(OC(F)F)cc2)c(F)c1. The highest BCUT2D eigenvalue weighted by atomic mass is 19.3. The summed E-state index contributed by atoms with van der Waals surface area (Å²) >= 11 is 0. The number of hydrogen-bond donors (Lipinski definition) is 1.